The fraction of sp³-hybridized carbons (Fsp3) is 0.222. The van der Waals surface area contributed by atoms with E-state index in [9.17, 15) is 0 Å². The predicted octanol–water partition coefficient (Wildman–Crippen LogP) is 1.50. The number of hydrogen-bond acceptors (Lipinski definition) is 2. The standard InChI is InChI=1S/C9H10N2/c10-8-5-1-3-7-4-2-6-11-9(7)8/h1-4,6,8H,5,10H2. The Kier molecular flexibility index (Phi) is 1.47. The highest BCUT2D eigenvalue weighted by atomic mass is 14.8. The van der Waals surface area contributed by atoms with Crippen molar-refractivity contribution in [2.24, 2.45) is 5.73 Å². The molecule has 0 spiro atoms. The first-order valence-corrected chi connectivity index (χ1v) is 3.75. The van der Waals surface area contributed by atoms with Gasteiger partial charge in [0.25, 0.3) is 0 Å². The van der Waals surface area contributed by atoms with Crippen molar-refractivity contribution in [1.29, 1.82) is 0 Å². The molecule has 0 aliphatic heterocycles. The van der Waals surface area contributed by atoms with Gasteiger partial charge < -0.3 is 5.73 Å². The monoisotopic (exact) mass is 146 g/mol. The third kappa shape index (κ3) is 1.05. The lowest BCUT2D eigenvalue weighted by Crippen LogP contribution is -2.14. The van der Waals surface area contributed by atoms with E-state index in [1.54, 1.807) is 6.20 Å². The van der Waals surface area contributed by atoms with Gasteiger partial charge in [0.15, 0.2) is 0 Å². The van der Waals surface area contributed by atoms with Crippen LogP contribution in [0.1, 0.15) is 23.7 Å². The van der Waals surface area contributed by atoms with Gasteiger partial charge in [-0.15, -0.1) is 0 Å². The van der Waals surface area contributed by atoms with Crippen molar-refractivity contribution in [2.75, 3.05) is 0 Å². The molecule has 1 aromatic rings. The summed E-state index contributed by atoms with van der Waals surface area (Å²) in [5.74, 6) is 0. The van der Waals surface area contributed by atoms with E-state index in [0.717, 1.165) is 17.7 Å². The number of aromatic nitrogens is 1. The zero-order valence-electron chi connectivity index (χ0n) is 6.20. The first kappa shape index (κ1) is 6.55. The third-order valence-electron chi connectivity index (χ3n) is 1.91. The molecule has 1 aliphatic rings. The molecule has 56 valence electrons. The minimum absolute atomic E-state index is 0.0937. The van der Waals surface area contributed by atoms with Gasteiger partial charge in [-0.2, -0.15) is 0 Å². The van der Waals surface area contributed by atoms with Gasteiger partial charge in [-0.05, 0) is 18.1 Å². The third-order valence-corrected chi connectivity index (χ3v) is 1.91. The maximum Gasteiger partial charge on any atom is 0.0646 e. The topological polar surface area (TPSA) is 38.9 Å². The van der Waals surface area contributed by atoms with Gasteiger partial charge in [0.2, 0.25) is 0 Å². The van der Waals surface area contributed by atoms with Crippen LogP contribution in [0.5, 0.6) is 0 Å². The van der Waals surface area contributed by atoms with Crippen LogP contribution in [-0.4, -0.2) is 4.98 Å². The first-order valence-electron chi connectivity index (χ1n) is 3.75. The van der Waals surface area contributed by atoms with Crippen LogP contribution in [0.15, 0.2) is 24.4 Å². The van der Waals surface area contributed by atoms with Crippen molar-refractivity contribution >= 4 is 6.08 Å². The number of fused-ring (bicyclic) bond motifs is 1. The van der Waals surface area contributed by atoms with Gasteiger partial charge in [-0.1, -0.05) is 18.2 Å². The molecule has 1 unspecified atom stereocenters. The zero-order chi connectivity index (χ0) is 7.68. The fourth-order valence-electron chi connectivity index (χ4n) is 1.33. The van der Waals surface area contributed by atoms with E-state index >= 15 is 0 Å². The number of rotatable bonds is 0. The van der Waals surface area contributed by atoms with Crippen LogP contribution in [0.3, 0.4) is 0 Å². The second kappa shape index (κ2) is 2.47. The minimum Gasteiger partial charge on any atom is -0.322 e. The van der Waals surface area contributed by atoms with Gasteiger partial charge in [0.1, 0.15) is 0 Å². The van der Waals surface area contributed by atoms with Crippen molar-refractivity contribution in [3.63, 3.8) is 0 Å². The van der Waals surface area contributed by atoms with E-state index in [4.69, 9.17) is 5.73 Å². The van der Waals surface area contributed by atoms with E-state index in [0.29, 0.717) is 0 Å². The number of nitrogens with two attached hydrogens (primary N) is 1. The summed E-state index contributed by atoms with van der Waals surface area (Å²) in [7, 11) is 0. The highest BCUT2D eigenvalue weighted by Gasteiger charge is 2.12. The Labute approximate surface area is 65.8 Å². The Hall–Kier alpha value is -1.15. The van der Waals surface area contributed by atoms with Crippen molar-refractivity contribution < 1.29 is 0 Å². The lowest BCUT2D eigenvalue weighted by molar-refractivity contribution is 0.704. The first-order chi connectivity index (χ1) is 5.38. The Morgan fingerprint density at radius 2 is 2.45 bits per heavy atom. The summed E-state index contributed by atoms with van der Waals surface area (Å²) in [4.78, 5) is 4.22. The molecule has 11 heavy (non-hydrogen) atoms. The lowest BCUT2D eigenvalue weighted by atomic mass is 9.99. The zero-order valence-corrected chi connectivity index (χ0v) is 6.20. The van der Waals surface area contributed by atoms with E-state index in [2.05, 4.69) is 17.1 Å². The fourth-order valence-corrected chi connectivity index (χ4v) is 1.33. The molecule has 0 fully saturated rings. The molecule has 1 aliphatic carbocycles. The van der Waals surface area contributed by atoms with Gasteiger partial charge in [0.05, 0.1) is 11.7 Å². The average molecular weight is 146 g/mol. The van der Waals surface area contributed by atoms with Crippen LogP contribution in [0.2, 0.25) is 0 Å². The predicted molar refractivity (Wildman–Crippen MR) is 44.8 cm³/mol. The molecule has 0 amide bonds. The van der Waals surface area contributed by atoms with Crippen molar-refractivity contribution in [2.45, 2.75) is 12.5 Å². The summed E-state index contributed by atoms with van der Waals surface area (Å²) in [6.07, 6.45) is 6.86. The van der Waals surface area contributed by atoms with Crippen molar-refractivity contribution in [3.05, 3.63) is 35.7 Å². The molecule has 2 N–H and O–H groups in total. The molecule has 0 saturated carbocycles. The molecule has 0 bridgehead atoms. The van der Waals surface area contributed by atoms with Crippen LogP contribution >= 0.6 is 0 Å². The molecule has 0 aromatic carbocycles. The number of pyridine rings is 1. The molecule has 2 nitrogen and oxygen atoms in total. The summed E-state index contributed by atoms with van der Waals surface area (Å²) in [5.41, 5.74) is 8.01. The van der Waals surface area contributed by atoms with Crippen molar-refractivity contribution in [3.8, 4) is 0 Å². The smallest absolute Gasteiger partial charge is 0.0646 e. The lowest BCUT2D eigenvalue weighted by Gasteiger charge is -2.15. The molecular formula is C9H10N2. The Morgan fingerprint density at radius 1 is 1.55 bits per heavy atom. The molecule has 1 heterocycles. The second-order valence-electron chi connectivity index (χ2n) is 2.72. The second-order valence-corrected chi connectivity index (χ2v) is 2.72. The van der Waals surface area contributed by atoms with Crippen LogP contribution in [0.4, 0.5) is 0 Å². The number of nitrogens with zero attached hydrogens (tertiary/aromatic N) is 1. The van der Waals surface area contributed by atoms with E-state index < -0.39 is 0 Å². The van der Waals surface area contributed by atoms with E-state index in [1.807, 2.05) is 12.1 Å². The summed E-state index contributed by atoms with van der Waals surface area (Å²) in [5, 5.41) is 0. The molecule has 0 saturated heterocycles. The van der Waals surface area contributed by atoms with Gasteiger partial charge >= 0.3 is 0 Å². The van der Waals surface area contributed by atoms with E-state index in [1.165, 1.54) is 0 Å². The molecule has 2 rings (SSSR count). The van der Waals surface area contributed by atoms with Gasteiger partial charge in [-0.25, -0.2) is 0 Å². The van der Waals surface area contributed by atoms with Crippen LogP contribution in [-0.2, 0) is 0 Å². The van der Waals surface area contributed by atoms with Crippen LogP contribution in [0.25, 0.3) is 6.08 Å². The number of hydrogen-bond donors (Lipinski definition) is 1. The van der Waals surface area contributed by atoms with Crippen LogP contribution in [0, 0.1) is 0 Å². The maximum atomic E-state index is 5.83. The minimum atomic E-state index is 0.0937. The quantitative estimate of drug-likeness (QED) is 0.602. The molecule has 1 aromatic heterocycles. The molecular weight excluding hydrogens is 136 g/mol. The molecule has 2 heteroatoms. The SMILES string of the molecule is NC1CC=Cc2cccnc21. The van der Waals surface area contributed by atoms with Gasteiger partial charge in [-0.3, -0.25) is 4.98 Å². The van der Waals surface area contributed by atoms with Gasteiger partial charge in [0, 0.05) is 6.20 Å². The largest absolute Gasteiger partial charge is 0.322 e. The average Bonchev–Trinajstić information content (AvgIpc) is 2.06. The normalized spacial score (nSPS) is 21.4. The highest BCUT2D eigenvalue weighted by molar-refractivity contribution is 5.54. The Morgan fingerprint density at radius 3 is 3.27 bits per heavy atom. The summed E-state index contributed by atoms with van der Waals surface area (Å²) in [6, 6.07) is 4.06. The highest BCUT2D eigenvalue weighted by Crippen LogP contribution is 2.22. The Bertz CT molecular complexity index is 291. The van der Waals surface area contributed by atoms with Crippen LogP contribution < -0.4 is 5.73 Å². The maximum absolute atomic E-state index is 5.83. The molecule has 0 radical (unpaired) electrons. The summed E-state index contributed by atoms with van der Waals surface area (Å²) >= 11 is 0. The molecule has 1 atom stereocenters. The Balaban J connectivity index is 2.54. The summed E-state index contributed by atoms with van der Waals surface area (Å²) in [6.45, 7) is 0. The summed E-state index contributed by atoms with van der Waals surface area (Å²) < 4.78 is 0. The van der Waals surface area contributed by atoms with Crippen molar-refractivity contribution in [1.82, 2.24) is 4.98 Å². The van der Waals surface area contributed by atoms with E-state index in [-0.39, 0.29) is 6.04 Å².